The summed E-state index contributed by atoms with van der Waals surface area (Å²) in [6, 6.07) is 12.2. The number of carbonyl (C=O) groups is 1. The Balaban J connectivity index is 2.20. The second-order valence-corrected chi connectivity index (χ2v) is 8.53. The van der Waals surface area contributed by atoms with Crippen LogP contribution in [-0.4, -0.2) is 46.6 Å². The highest BCUT2D eigenvalue weighted by atomic mass is 35.5. The van der Waals surface area contributed by atoms with Crippen molar-refractivity contribution in [3.63, 3.8) is 0 Å². The van der Waals surface area contributed by atoms with Crippen molar-refractivity contribution in [2.75, 3.05) is 32.3 Å². The Morgan fingerprint density at radius 3 is 2.16 bits per heavy atom. The van der Waals surface area contributed by atoms with Crippen molar-refractivity contribution in [1.82, 2.24) is 4.90 Å². The number of anilines is 1. The molecule has 0 aliphatic heterocycles. The maximum Gasteiger partial charge on any atom is 0.253 e. The number of hydrogen-bond acceptors (Lipinski definition) is 4. The van der Waals surface area contributed by atoms with Crippen LogP contribution in [0, 0.1) is 0 Å². The molecule has 25 heavy (non-hydrogen) atoms. The summed E-state index contributed by atoms with van der Waals surface area (Å²) in [5.41, 5.74) is 2.35. The third-order valence-corrected chi connectivity index (χ3v) is 5.38. The number of amides is 1. The second-order valence-electron chi connectivity index (χ2n) is 6.14. The summed E-state index contributed by atoms with van der Waals surface area (Å²) in [5, 5.41) is 0.112. The molecule has 0 atom stereocenters. The minimum absolute atomic E-state index is 0.0382. The van der Waals surface area contributed by atoms with E-state index in [0.29, 0.717) is 6.54 Å². The molecule has 0 N–H and O–H groups in total. The van der Waals surface area contributed by atoms with Crippen LogP contribution in [0.1, 0.15) is 15.9 Å². The third kappa shape index (κ3) is 4.74. The van der Waals surface area contributed by atoms with Crippen molar-refractivity contribution in [2.24, 2.45) is 0 Å². The monoisotopic (exact) mass is 380 g/mol. The van der Waals surface area contributed by atoms with E-state index in [4.69, 9.17) is 11.6 Å². The predicted molar refractivity (Wildman–Crippen MR) is 101 cm³/mol. The van der Waals surface area contributed by atoms with Crippen molar-refractivity contribution in [3.05, 3.63) is 58.6 Å². The van der Waals surface area contributed by atoms with Gasteiger partial charge in [0.25, 0.3) is 5.91 Å². The van der Waals surface area contributed by atoms with Gasteiger partial charge in [-0.15, -0.1) is 0 Å². The van der Waals surface area contributed by atoms with Gasteiger partial charge in [0, 0.05) is 45.2 Å². The summed E-state index contributed by atoms with van der Waals surface area (Å²) in [5.74, 6) is -0.266. The fourth-order valence-corrected chi connectivity index (χ4v) is 3.69. The second kappa shape index (κ2) is 7.45. The standard InChI is InChI=1S/C18H21ClN2O3S/c1-20(2)15-8-5-13(6-9-15)12-21(3)18(22)14-7-10-16(19)17(11-14)25(4,23)24/h5-11H,12H2,1-4H3. The first-order valence-electron chi connectivity index (χ1n) is 7.61. The number of rotatable bonds is 5. The Morgan fingerprint density at radius 1 is 1.04 bits per heavy atom. The van der Waals surface area contributed by atoms with Crippen LogP contribution in [0.4, 0.5) is 5.69 Å². The number of halogens is 1. The first kappa shape index (κ1) is 19.3. The van der Waals surface area contributed by atoms with Crippen LogP contribution in [0.2, 0.25) is 5.02 Å². The molecule has 0 bridgehead atoms. The van der Waals surface area contributed by atoms with Gasteiger partial charge in [0.2, 0.25) is 0 Å². The van der Waals surface area contributed by atoms with Gasteiger partial charge in [-0.1, -0.05) is 23.7 Å². The fourth-order valence-electron chi connectivity index (χ4n) is 2.39. The predicted octanol–water partition coefficient (Wildman–Crippen LogP) is 3.08. The van der Waals surface area contributed by atoms with Gasteiger partial charge in [-0.05, 0) is 35.9 Å². The molecular formula is C18H21ClN2O3S. The van der Waals surface area contributed by atoms with Gasteiger partial charge in [-0.25, -0.2) is 8.42 Å². The minimum Gasteiger partial charge on any atom is -0.378 e. The Bertz CT molecular complexity index is 878. The summed E-state index contributed by atoms with van der Waals surface area (Å²) in [6.07, 6.45) is 1.07. The van der Waals surface area contributed by atoms with E-state index in [1.807, 2.05) is 43.3 Å². The van der Waals surface area contributed by atoms with Crippen LogP contribution in [0.5, 0.6) is 0 Å². The van der Waals surface area contributed by atoms with Crippen LogP contribution in [0.25, 0.3) is 0 Å². The van der Waals surface area contributed by atoms with Crippen molar-refractivity contribution >= 4 is 33.0 Å². The summed E-state index contributed by atoms with van der Waals surface area (Å²) < 4.78 is 23.5. The Hall–Kier alpha value is -2.05. The quantitative estimate of drug-likeness (QED) is 0.799. The zero-order valence-electron chi connectivity index (χ0n) is 14.7. The molecule has 0 aliphatic rings. The molecular weight excluding hydrogens is 360 g/mol. The van der Waals surface area contributed by atoms with Crippen molar-refractivity contribution < 1.29 is 13.2 Å². The molecule has 0 heterocycles. The molecule has 0 fully saturated rings. The molecule has 0 aromatic heterocycles. The molecule has 0 saturated carbocycles. The molecule has 0 aliphatic carbocycles. The van der Waals surface area contributed by atoms with E-state index in [9.17, 15) is 13.2 Å². The molecule has 1 amide bonds. The average Bonchev–Trinajstić information content (AvgIpc) is 2.54. The number of carbonyl (C=O) groups excluding carboxylic acids is 1. The van der Waals surface area contributed by atoms with Crippen LogP contribution in [-0.2, 0) is 16.4 Å². The zero-order chi connectivity index (χ0) is 18.8. The molecule has 0 radical (unpaired) electrons. The summed E-state index contributed by atoms with van der Waals surface area (Å²) in [6.45, 7) is 0.420. The molecule has 2 aromatic rings. The maximum atomic E-state index is 12.6. The minimum atomic E-state index is -3.49. The zero-order valence-corrected chi connectivity index (χ0v) is 16.2. The summed E-state index contributed by atoms with van der Waals surface area (Å²) in [7, 11) is 2.11. The Labute approximate surface area is 153 Å². The van der Waals surface area contributed by atoms with Gasteiger partial charge < -0.3 is 9.80 Å². The van der Waals surface area contributed by atoms with Crippen LogP contribution < -0.4 is 4.90 Å². The first-order chi connectivity index (χ1) is 11.6. The largest absolute Gasteiger partial charge is 0.378 e. The molecule has 0 spiro atoms. The molecule has 134 valence electrons. The highest BCUT2D eigenvalue weighted by Gasteiger charge is 2.18. The van der Waals surface area contributed by atoms with Crippen LogP contribution in [0.3, 0.4) is 0 Å². The van der Waals surface area contributed by atoms with Crippen molar-refractivity contribution in [1.29, 1.82) is 0 Å². The SMILES string of the molecule is CN(Cc1ccc(N(C)C)cc1)C(=O)c1ccc(Cl)c(S(C)(=O)=O)c1. The summed E-state index contributed by atoms with van der Waals surface area (Å²) >= 11 is 5.93. The van der Waals surface area contributed by atoms with Crippen molar-refractivity contribution in [2.45, 2.75) is 11.4 Å². The highest BCUT2D eigenvalue weighted by molar-refractivity contribution is 7.90. The normalized spacial score (nSPS) is 11.2. The topological polar surface area (TPSA) is 57.7 Å². The van der Waals surface area contributed by atoms with Gasteiger partial charge in [-0.3, -0.25) is 4.79 Å². The number of benzene rings is 2. The van der Waals surface area contributed by atoms with Crippen LogP contribution in [0.15, 0.2) is 47.4 Å². The summed E-state index contributed by atoms with van der Waals surface area (Å²) in [4.78, 5) is 16.1. The average molecular weight is 381 g/mol. The molecule has 2 rings (SSSR count). The highest BCUT2D eigenvalue weighted by Crippen LogP contribution is 2.23. The van der Waals surface area contributed by atoms with Gasteiger partial charge in [0.15, 0.2) is 9.84 Å². The van der Waals surface area contributed by atoms with Gasteiger partial charge in [0.1, 0.15) is 0 Å². The lowest BCUT2D eigenvalue weighted by Gasteiger charge is -2.19. The fraction of sp³-hybridized carbons (Fsp3) is 0.278. The van der Waals surface area contributed by atoms with Gasteiger partial charge in [-0.2, -0.15) is 0 Å². The third-order valence-electron chi connectivity index (χ3n) is 3.80. The first-order valence-corrected chi connectivity index (χ1v) is 9.88. The Kier molecular flexibility index (Phi) is 5.75. The molecule has 7 heteroatoms. The Morgan fingerprint density at radius 2 is 1.64 bits per heavy atom. The van der Waals surface area contributed by atoms with E-state index >= 15 is 0 Å². The van der Waals surface area contributed by atoms with E-state index in [2.05, 4.69) is 0 Å². The lowest BCUT2D eigenvalue weighted by Crippen LogP contribution is -2.26. The lowest BCUT2D eigenvalue weighted by molar-refractivity contribution is 0.0785. The van der Waals surface area contributed by atoms with E-state index < -0.39 is 9.84 Å². The van der Waals surface area contributed by atoms with E-state index in [0.717, 1.165) is 17.5 Å². The van der Waals surface area contributed by atoms with Crippen molar-refractivity contribution in [3.8, 4) is 0 Å². The van der Waals surface area contributed by atoms with E-state index in [-0.39, 0.29) is 21.4 Å². The maximum absolute atomic E-state index is 12.6. The lowest BCUT2D eigenvalue weighted by atomic mass is 10.1. The van der Waals surface area contributed by atoms with E-state index in [1.165, 1.54) is 18.2 Å². The molecule has 0 unspecified atom stereocenters. The number of nitrogens with zero attached hydrogens (tertiary/aromatic N) is 2. The number of sulfone groups is 1. The molecule has 5 nitrogen and oxygen atoms in total. The van der Waals surface area contributed by atoms with E-state index in [1.54, 1.807) is 11.9 Å². The van der Waals surface area contributed by atoms with Gasteiger partial charge >= 0.3 is 0 Å². The van der Waals surface area contributed by atoms with Crippen LogP contribution >= 0.6 is 11.6 Å². The molecule has 0 saturated heterocycles. The number of hydrogen-bond donors (Lipinski definition) is 0. The smallest absolute Gasteiger partial charge is 0.253 e. The van der Waals surface area contributed by atoms with Gasteiger partial charge in [0.05, 0.1) is 9.92 Å². The molecule has 2 aromatic carbocycles.